The minimum atomic E-state index is -4.50. The van der Waals surface area contributed by atoms with Gasteiger partial charge >= 0.3 is 0 Å². The Bertz CT molecular complexity index is 1670. The van der Waals surface area contributed by atoms with Gasteiger partial charge in [0.1, 0.15) is 5.76 Å². The number of fused-ring (bicyclic) bond motifs is 3. The molecule has 0 heterocycles. The summed E-state index contributed by atoms with van der Waals surface area (Å²) < 4.78 is 27.9. The summed E-state index contributed by atoms with van der Waals surface area (Å²) >= 11 is 0. The monoisotopic (exact) mass is 573 g/mol. The van der Waals surface area contributed by atoms with Crippen LogP contribution in [0.5, 0.6) is 5.75 Å². The van der Waals surface area contributed by atoms with Crippen LogP contribution in [0.3, 0.4) is 0 Å². The van der Waals surface area contributed by atoms with E-state index in [9.17, 15) is 53.3 Å². The molecule has 0 aromatic heterocycles. The van der Waals surface area contributed by atoms with Crippen molar-refractivity contribution in [2.45, 2.75) is 42.3 Å². The number of nitrogens with zero attached hydrogens (tertiary/aromatic N) is 1. The highest BCUT2D eigenvalue weighted by molar-refractivity contribution is 7.92. The fourth-order valence-corrected chi connectivity index (χ4v) is 7.11. The number of Topliss-reactive ketones (excluding diaryl/α,β-unsaturated/α-hetero) is 2. The predicted octanol–water partition coefficient (Wildman–Crippen LogP) is 0.442. The van der Waals surface area contributed by atoms with E-state index >= 15 is 0 Å². The maximum atomic E-state index is 13.6. The number of ketones is 2. The third-order valence-electron chi connectivity index (χ3n) is 7.92. The normalized spacial score (nSPS) is 27.9. The molecule has 2 aromatic carbocycles. The number of primary amides is 1. The number of nitro benzene ring substituents is 1. The van der Waals surface area contributed by atoms with E-state index in [1.165, 1.54) is 6.07 Å². The summed E-state index contributed by atoms with van der Waals surface area (Å²) in [5, 5.41) is 54.6. The van der Waals surface area contributed by atoms with Gasteiger partial charge in [-0.1, -0.05) is 12.1 Å². The molecule has 0 aliphatic heterocycles. The summed E-state index contributed by atoms with van der Waals surface area (Å²) in [5.74, 6) is -6.31. The number of benzene rings is 2. The number of nitrogens with two attached hydrogens (primary N) is 1. The number of sulfonamides is 1. The second kappa shape index (κ2) is 8.84. The van der Waals surface area contributed by atoms with Crippen molar-refractivity contribution < 1.29 is 48.2 Å². The van der Waals surface area contributed by atoms with E-state index in [1.54, 1.807) is 0 Å². The number of carbonyl (C=O) groups is 3. The first-order chi connectivity index (χ1) is 18.6. The van der Waals surface area contributed by atoms with Crippen LogP contribution in [0.25, 0.3) is 5.76 Å². The van der Waals surface area contributed by atoms with Crippen LogP contribution in [0.15, 0.2) is 46.9 Å². The minimum Gasteiger partial charge on any atom is -0.507 e. The van der Waals surface area contributed by atoms with Crippen molar-refractivity contribution in [3.63, 3.8) is 0 Å². The van der Waals surface area contributed by atoms with Crippen LogP contribution in [-0.2, 0) is 30.8 Å². The molecule has 4 atom stereocenters. The van der Waals surface area contributed by atoms with Crippen molar-refractivity contribution in [2.24, 2.45) is 17.1 Å². The van der Waals surface area contributed by atoms with Crippen LogP contribution >= 0.6 is 0 Å². The molecule has 1 amide bonds. The number of phenolic OH excluding ortho intramolecular Hbond substituents is 1. The Labute approximate surface area is 225 Å². The highest BCUT2D eigenvalue weighted by Crippen LogP contribution is 2.57. The molecule has 2 saturated carbocycles. The molecule has 40 heavy (non-hydrogen) atoms. The predicted molar refractivity (Wildman–Crippen MR) is 135 cm³/mol. The van der Waals surface area contributed by atoms with Gasteiger partial charge in [0.05, 0.1) is 38.2 Å². The summed E-state index contributed by atoms with van der Waals surface area (Å²) in [5.41, 5.74) is -0.803. The number of hydrogen-bond donors (Lipinski definition) is 6. The lowest BCUT2D eigenvalue weighted by molar-refractivity contribution is -0.385. The second-order valence-electron chi connectivity index (χ2n) is 10.2. The van der Waals surface area contributed by atoms with Gasteiger partial charge in [-0.3, -0.25) is 29.2 Å². The van der Waals surface area contributed by atoms with Gasteiger partial charge in [0, 0.05) is 24.5 Å². The van der Waals surface area contributed by atoms with Crippen LogP contribution < -0.4 is 10.5 Å². The summed E-state index contributed by atoms with van der Waals surface area (Å²) in [7, 11) is -4.50. The Hall–Kier alpha value is -4.34. The Kier molecular flexibility index (Phi) is 6.02. The van der Waals surface area contributed by atoms with Crippen LogP contribution in [0.4, 0.5) is 11.4 Å². The molecule has 0 saturated heterocycles. The summed E-state index contributed by atoms with van der Waals surface area (Å²) in [4.78, 5) is 49.0. The Morgan fingerprint density at radius 2 is 1.88 bits per heavy atom. The first kappa shape index (κ1) is 27.2. The molecule has 14 nitrogen and oxygen atoms in total. The van der Waals surface area contributed by atoms with Crippen LogP contribution in [0.2, 0.25) is 0 Å². The summed E-state index contributed by atoms with van der Waals surface area (Å²) in [6, 6.07) is 6.53. The number of rotatable bonds is 5. The van der Waals surface area contributed by atoms with Gasteiger partial charge in [-0.15, -0.1) is 0 Å². The fourth-order valence-electron chi connectivity index (χ4n) is 6.00. The van der Waals surface area contributed by atoms with Gasteiger partial charge < -0.3 is 26.2 Å². The molecular formula is C25H23N3O11S. The third-order valence-corrected chi connectivity index (χ3v) is 9.29. The van der Waals surface area contributed by atoms with E-state index in [0.717, 1.165) is 30.3 Å². The van der Waals surface area contributed by atoms with Gasteiger partial charge in [-0.25, -0.2) is 8.42 Å². The largest absolute Gasteiger partial charge is 0.507 e. The number of hydrogen-bond acceptors (Lipinski definition) is 11. The number of anilines is 1. The molecule has 15 heteroatoms. The van der Waals surface area contributed by atoms with Crippen molar-refractivity contribution in [1.82, 2.24) is 0 Å². The van der Waals surface area contributed by atoms with E-state index in [0.29, 0.717) is 0 Å². The number of phenols is 1. The molecule has 210 valence electrons. The first-order valence-electron chi connectivity index (χ1n) is 12.0. The van der Waals surface area contributed by atoms with Crippen molar-refractivity contribution in [3.05, 3.63) is 63.2 Å². The molecule has 0 bridgehead atoms. The van der Waals surface area contributed by atoms with Gasteiger partial charge in [0.25, 0.3) is 15.7 Å². The number of nitro groups is 1. The van der Waals surface area contributed by atoms with E-state index in [1.807, 2.05) is 0 Å². The number of aliphatic hydroxyl groups is 3. The lowest BCUT2D eigenvalue weighted by atomic mass is 9.52. The van der Waals surface area contributed by atoms with Crippen molar-refractivity contribution in [3.8, 4) is 5.75 Å². The topological polar surface area (TPSA) is 247 Å². The standard InChI is InChI=1S/C25H23N3O11S/c26-23(34)24-9-11-4-5-16(27-40(38,39)15-3-1-2-13(7-15)28(36)37)20(31)18(11)21(32)19(24)22(33)25(35)12(10-24)6-14(29)8-17(25)30/h1-5,7,12,14,27,29,31-32,35H,6,8-10H2,(H2,26,34). The van der Waals surface area contributed by atoms with E-state index < -0.39 is 101 Å². The lowest BCUT2D eigenvalue weighted by Crippen LogP contribution is -2.66. The SMILES string of the molecule is NC(=O)C12Cc3ccc(NS(=O)(=O)c4cccc([N+](=O)[O-])c4)c(O)c3C(O)=C1C(=O)C1(O)C(=O)CC(O)CC1C2. The number of aromatic hydroxyl groups is 1. The number of non-ortho nitro benzene ring substituents is 1. The van der Waals surface area contributed by atoms with Gasteiger partial charge in [0.2, 0.25) is 11.7 Å². The van der Waals surface area contributed by atoms with E-state index in [2.05, 4.69) is 4.72 Å². The maximum Gasteiger partial charge on any atom is 0.270 e. The quantitative estimate of drug-likeness (QED) is 0.124. The van der Waals surface area contributed by atoms with E-state index in [4.69, 9.17) is 5.73 Å². The van der Waals surface area contributed by atoms with Gasteiger partial charge in [-0.05, 0) is 37.0 Å². The smallest absolute Gasteiger partial charge is 0.270 e. The van der Waals surface area contributed by atoms with Crippen LogP contribution in [-0.4, -0.2) is 62.9 Å². The van der Waals surface area contributed by atoms with E-state index in [-0.39, 0.29) is 24.8 Å². The zero-order valence-electron chi connectivity index (χ0n) is 20.5. The van der Waals surface area contributed by atoms with Crippen molar-refractivity contribution in [1.29, 1.82) is 0 Å². The molecule has 3 aliphatic carbocycles. The Morgan fingerprint density at radius 1 is 1.18 bits per heavy atom. The lowest BCUT2D eigenvalue weighted by Gasteiger charge is -2.51. The van der Waals surface area contributed by atoms with Crippen LogP contribution in [0, 0.1) is 21.4 Å². The highest BCUT2D eigenvalue weighted by atomic mass is 32.2. The van der Waals surface area contributed by atoms with Crippen LogP contribution in [0.1, 0.15) is 30.4 Å². The molecule has 7 N–H and O–H groups in total. The zero-order valence-corrected chi connectivity index (χ0v) is 21.3. The van der Waals surface area contributed by atoms with Gasteiger partial charge in [-0.2, -0.15) is 0 Å². The average molecular weight is 574 g/mol. The van der Waals surface area contributed by atoms with Crippen molar-refractivity contribution in [2.75, 3.05) is 4.72 Å². The molecule has 0 radical (unpaired) electrons. The molecule has 0 spiro atoms. The average Bonchev–Trinajstić information content (AvgIpc) is 2.87. The Morgan fingerprint density at radius 3 is 2.52 bits per heavy atom. The first-order valence-corrected chi connectivity index (χ1v) is 13.5. The van der Waals surface area contributed by atoms with Crippen molar-refractivity contribution >= 4 is 44.6 Å². The highest BCUT2D eigenvalue weighted by Gasteiger charge is 2.66. The maximum absolute atomic E-state index is 13.6. The number of nitrogens with one attached hydrogen (secondary N) is 1. The number of amides is 1. The van der Waals surface area contributed by atoms with Gasteiger partial charge in [0.15, 0.2) is 17.1 Å². The summed E-state index contributed by atoms with van der Waals surface area (Å²) in [6.45, 7) is 0. The second-order valence-corrected chi connectivity index (χ2v) is 11.9. The summed E-state index contributed by atoms with van der Waals surface area (Å²) in [6.07, 6.45) is -2.55. The third kappa shape index (κ3) is 3.76. The minimum absolute atomic E-state index is 0.108. The molecule has 2 fully saturated rings. The molecule has 4 unspecified atom stereocenters. The number of carbonyl (C=O) groups excluding carboxylic acids is 3. The number of aliphatic hydroxyl groups excluding tert-OH is 2. The fraction of sp³-hybridized carbons (Fsp3) is 0.320. The molecule has 2 aromatic rings. The molecule has 3 aliphatic rings. The Balaban J connectivity index is 1.63. The zero-order chi connectivity index (χ0) is 29.4. The molecule has 5 rings (SSSR count). The molecular weight excluding hydrogens is 550 g/mol.